The molecule has 0 saturated carbocycles. The molecule has 1 aliphatic rings. The van der Waals surface area contributed by atoms with Crippen LogP contribution in [-0.2, 0) is 0 Å². The molecule has 0 radical (unpaired) electrons. The molecule has 1 aromatic heterocycles. The number of carbonyl (C=O) groups excluding carboxylic acids is 1. The topological polar surface area (TPSA) is 46.3 Å². The number of likely N-dealkylation sites (tertiary alicyclic amines) is 1. The molecular weight excluding hydrogens is 220 g/mol. The number of rotatable bonds is 1. The quantitative estimate of drug-likeness (QED) is 0.817. The van der Waals surface area contributed by atoms with Gasteiger partial charge in [-0.15, -0.1) is 11.3 Å². The summed E-state index contributed by atoms with van der Waals surface area (Å²) in [6, 6.07) is 1.81. The van der Waals surface area contributed by atoms with Gasteiger partial charge in [0.25, 0.3) is 5.91 Å². The number of carbonyl (C=O) groups is 1. The first-order chi connectivity index (χ1) is 7.58. The van der Waals surface area contributed by atoms with E-state index in [1.54, 1.807) is 6.07 Å². The van der Waals surface area contributed by atoms with Gasteiger partial charge < -0.3 is 10.6 Å². The van der Waals surface area contributed by atoms with Crippen LogP contribution in [0, 0.1) is 12.8 Å². The number of aryl methyl sites for hydroxylation is 1. The van der Waals surface area contributed by atoms with E-state index in [0.29, 0.717) is 0 Å². The van der Waals surface area contributed by atoms with Gasteiger partial charge in [0.15, 0.2) is 0 Å². The van der Waals surface area contributed by atoms with Crippen molar-refractivity contribution in [1.29, 1.82) is 0 Å². The summed E-state index contributed by atoms with van der Waals surface area (Å²) in [5.41, 5.74) is 6.50. The minimum absolute atomic E-state index is 0.150. The monoisotopic (exact) mass is 238 g/mol. The largest absolute Gasteiger partial charge is 0.398 e. The Bertz CT molecular complexity index is 372. The molecule has 1 aromatic rings. The van der Waals surface area contributed by atoms with Gasteiger partial charge in [0.05, 0.1) is 4.88 Å². The maximum Gasteiger partial charge on any atom is 0.264 e. The average molecular weight is 238 g/mol. The van der Waals surface area contributed by atoms with E-state index in [1.807, 2.05) is 11.8 Å². The third-order valence-electron chi connectivity index (χ3n) is 3.24. The Hall–Kier alpha value is -1.03. The van der Waals surface area contributed by atoms with Crippen LogP contribution in [0.25, 0.3) is 0 Å². The molecule has 2 rings (SSSR count). The maximum absolute atomic E-state index is 12.2. The highest BCUT2D eigenvalue weighted by Crippen LogP contribution is 2.26. The number of thiophene rings is 1. The van der Waals surface area contributed by atoms with E-state index < -0.39 is 0 Å². The first kappa shape index (κ1) is 11.5. The second-order valence-corrected chi connectivity index (χ2v) is 5.85. The molecule has 0 aliphatic carbocycles. The highest BCUT2D eigenvalue weighted by molar-refractivity contribution is 7.14. The van der Waals surface area contributed by atoms with E-state index in [-0.39, 0.29) is 5.91 Å². The third-order valence-corrected chi connectivity index (χ3v) is 4.29. The van der Waals surface area contributed by atoms with Crippen molar-refractivity contribution in [3.05, 3.63) is 15.8 Å². The zero-order valence-corrected chi connectivity index (χ0v) is 10.6. The number of nitrogen functional groups attached to an aromatic ring is 1. The van der Waals surface area contributed by atoms with Crippen LogP contribution in [0.3, 0.4) is 0 Å². The Labute approximate surface area is 100 Å². The second kappa shape index (κ2) is 4.45. The second-order valence-electron chi connectivity index (χ2n) is 4.60. The summed E-state index contributed by atoms with van der Waals surface area (Å²) in [5.74, 6) is 0.899. The van der Waals surface area contributed by atoms with Gasteiger partial charge in [0.1, 0.15) is 0 Å². The van der Waals surface area contributed by atoms with Gasteiger partial charge in [-0.2, -0.15) is 0 Å². The van der Waals surface area contributed by atoms with Crippen LogP contribution in [-0.4, -0.2) is 23.9 Å². The number of nitrogens with two attached hydrogens (primary N) is 1. The van der Waals surface area contributed by atoms with Crippen molar-refractivity contribution in [2.24, 2.45) is 5.92 Å². The smallest absolute Gasteiger partial charge is 0.264 e. The van der Waals surface area contributed by atoms with Gasteiger partial charge in [-0.25, -0.2) is 0 Å². The zero-order valence-electron chi connectivity index (χ0n) is 9.82. The van der Waals surface area contributed by atoms with Crippen LogP contribution in [0.1, 0.15) is 34.3 Å². The van der Waals surface area contributed by atoms with E-state index in [9.17, 15) is 4.79 Å². The van der Waals surface area contributed by atoms with E-state index in [0.717, 1.165) is 47.3 Å². The predicted molar refractivity (Wildman–Crippen MR) is 67.8 cm³/mol. The molecule has 2 N–H and O–H groups in total. The normalized spacial score (nSPS) is 17.8. The molecule has 2 heterocycles. The molecule has 1 fully saturated rings. The van der Waals surface area contributed by atoms with E-state index in [2.05, 4.69) is 6.92 Å². The number of hydrogen-bond donors (Lipinski definition) is 1. The molecule has 0 bridgehead atoms. The lowest BCUT2D eigenvalue weighted by Crippen LogP contribution is -2.37. The first-order valence-corrected chi connectivity index (χ1v) is 6.54. The molecule has 16 heavy (non-hydrogen) atoms. The average Bonchev–Trinajstić information content (AvgIpc) is 2.59. The SMILES string of the molecule is Cc1sc(C(=O)N2CCC(C)CC2)cc1N. The van der Waals surface area contributed by atoms with Crippen molar-refractivity contribution in [2.75, 3.05) is 18.8 Å². The molecule has 1 amide bonds. The van der Waals surface area contributed by atoms with Crippen LogP contribution in [0.2, 0.25) is 0 Å². The Kier molecular flexibility index (Phi) is 3.19. The van der Waals surface area contributed by atoms with E-state index >= 15 is 0 Å². The first-order valence-electron chi connectivity index (χ1n) is 5.73. The number of anilines is 1. The summed E-state index contributed by atoms with van der Waals surface area (Å²) in [6.07, 6.45) is 2.23. The molecular formula is C12H18N2OS. The lowest BCUT2D eigenvalue weighted by atomic mass is 9.99. The number of nitrogens with zero attached hydrogens (tertiary/aromatic N) is 1. The molecule has 88 valence electrons. The van der Waals surface area contributed by atoms with E-state index in [4.69, 9.17) is 5.73 Å². The lowest BCUT2D eigenvalue weighted by Gasteiger charge is -2.29. The summed E-state index contributed by atoms with van der Waals surface area (Å²) in [4.78, 5) is 15.9. The Balaban J connectivity index is 2.07. The number of piperidine rings is 1. The fourth-order valence-electron chi connectivity index (χ4n) is 1.97. The van der Waals surface area contributed by atoms with Crippen LogP contribution in [0.15, 0.2) is 6.07 Å². The van der Waals surface area contributed by atoms with Crippen LogP contribution in [0.5, 0.6) is 0 Å². The predicted octanol–water partition coefficient (Wildman–Crippen LogP) is 2.51. The summed E-state index contributed by atoms with van der Waals surface area (Å²) in [6.45, 7) is 5.97. The van der Waals surface area contributed by atoms with Crippen molar-refractivity contribution in [3.63, 3.8) is 0 Å². The zero-order chi connectivity index (χ0) is 11.7. The van der Waals surface area contributed by atoms with Crippen molar-refractivity contribution in [1.82, 2.24) is 4.90 Å². The van der Waals surface area contributed by atoms with Crippen LogP contribution in [0.4, 0.5) is 5.69 Å². The van der Waals surface area contributed by atoms with Gasteiger partial charge in [0, 0.05) is 23.7 Å². The molecule has 4 heteroatoms. The molecule has 0 unspecified atom stereocenters. The van der Waals surface area contributed by atoms with Crippen LogP contribution >= 0.6 is 11.3 Å². The van der Waals surface area contributed by atoms with Gasteiger partial charge in [-0.1, -0.05) is 6.92 Å². The fraction of sp³-hybridized carbons (Fsp3) is 0.583. The minimum atomic E-state index is 0.150. The Morgan fingerprint density at radius 3 is 2.62 bits per heavy atom. The third kappa shape index (κ3) is 2.21. The van der Waals surface area contributed by atoms with Crippen molar-refractivity contribution in [3.8, 4) is 0 Å². The van der Waals surface area contributed by atoms with Gasteiger partial charge in [-0.05, 0) is 31.7 Å². The maximum atomic E-state index is 12.2. The molecule has 3 nitrogen and oxygen atoms in total. The van der Waals surface area contributed by atoms with E-state index in [1.165, 1.54) is 11.3 Å². The number of amides is 1. The summed E-state index contributed by atoms with van der Waals surface area (Å²) >= 11 is 1.50. The Morgan fingerprint density at radius 1 is 1.50 bits per heavy atom. The standard InChI is InChI=1S/C12H18N2OS/c1-8-3-5-14(6-4-8)12(15)11-7-10(13)9(2)16-11/h7-8H,3-6,13H2,1-2H3. The summed E-state index contributed by atoms with van der Waals surface area (Å²) in [7, 11) is 0. The number of hydrogen-bond acceptors (Lipinski definition) is 3. The Morgan fingerprint density at radius 2 is 2.12 bits per heavy atom. The molecule has 1 saturated heterocycles. The van der Waals surface area contributed by atoms with Crippen molar-refractivity contribution < 1.29 is 4.79 Å². The van der Waals surface area contributed by atoms with Gasteiger partial charge >= 0.3 is 0 Å². The molecule has 0 aromatic carbocycles. The van der Waals surface area contributed by atoms with Crippen molar-refractivity contribution in [2.45, 2.75) is 26.7 Å². The van der Waals surface area contributed by atoms with Crippen LogP contribution < -0.4 is 5.73 Å². The van der Waals surface area contributed by atoms with Crippen molar-refractivity contribution >= 4 is 22.9 Å². The van der Waals surface area contributed by atoms with Gasteiger partial charge in [0.2, 0.25) is 0 Å². The molecule has 0 spiro atoms. The highest BCUT2D eigenvalue weighted by atomic mass is 32.1. The summed E-state index contributed by atoms with van der Waals surface area (Å²) in [5, 5.41) is 0. The summed E-state index contributed by atoms with van der Waals surface area (Å²) < 4.78 is 0. The fourth-order valence-corrected chi connectivity index (χ4v) is 2.88. The molecule has 0 atom stereocenters. The molecule has 1 aliphatic heterocycles. The minimum Gasteiger partial charge on any atom is -0.398 e. The van der Waals surface area contributed by atoms with Gasteiger partial charge in [-0.3, -0.25) is 4.79 Å². The lowest BCUT2D eigenvalue weighted by molar-refractivity contribution is 0.0702. The highest BCUT2D eigenvalue weighted by Gasteiger charge is 2.22.